The topological polar surface area (TPSA) is 74.6 Å². The third-order valence-corrected chi connectivity index (χ3v) is 2.13. The zero-order valence-corrected chi connectivity index (χ0v) is 8.50. The van der Waals surface area contributed by atoms with E-state index in [9.17, 15) is 22.8 Å². The Labute approximate surface area is 93.3 Å². The Bertz CT molecular complexity index is 491. The SMILES string of the molecule is Cc1cc(C(=O)O)c(C(=O)O)cc1C(F)(F)F. The van der Waals surface area contributed by atoms with Crippen LogP contribution < -0.4 is 0 Å². The molecule has 0 atom stereocenters. The fraction of sp³-hybridized carbons (Fsp3) is 0.200. The Morgan fingerprint density at radius 2 is 1.47 bits per heavy atom. The van der Waals surface area contributed by atoms with Crippen molar-refractivity contribution >= 4 is 11.9 Å². The van der Waals surface area contributed by atoms with Crippen LogP contribution in [0, 0.1) is 6.92 Å². The van der Waals surface area contributed by atoms with Crippen molar-refractivity contribution in [3.05, 3.63) is 34.4 Å². The van der Waals surface area contributed by atoms with Crippen LogP contribution in [0.1, 0.15) is 31.8 Å². The van der Waals surface area contributed by atoms with Crippen LogP contribution in [-0.2, 0) is 6.18 Å². The summed E-state index contributed by atoms with van der Waals surface area (Å²) in [7, 11) is 0. The van der Waals surface area contributed by atoms with Crippen LogP contribution in [0.5, 0.6) is 0 Å². The molecule has 0 saturated heterocycles. The van der Waals surface area contributed by atoms with Gasteiger partial charge in [0.1, 0.15) is 0 Å². The lowest BCUT2D eigenvalue weighted by Crippen LogP contribution is -2.14. The molecule has 0 aliphatic rings. The lowest BCUT2D eigenvalue weighted by molar-refractivity contribution is -0.138. The first-order valence-electron chi connectivity index (χ1n) is 4.33. The van der Waals surface area contributed by atoms with Crippen molar-refractivity contribution in [3.63, 3.8) is 0 Å². The second kappa shape index (κ2) is 4.08. The van der Waals surface area contributed by atoms with Gasteiger partial charge in [0.2, 0.25) is 0 Å². The maximum absolute atomic E-state index is 12.5. The zero-order chi connectivity index (χ0) is 13.4. The van der Waals surface area contributed by atoms with Crippen LogP contribution in [-0.4, -0.2) is 22.2 Å². The predicted octanol–water partition coefficient (Wildman–Crippen LogP) is 2.41. The molecule has 4 nitrogen and oxygen atoms in total. The number of carbonyl (C=O) groups is 2. The van der Waals surface area contributed by atoms with E-state index in [-0.39, 0.29) is 5.56 Å². The molecule has 0 aliphatic carbocycles. The summed E-state index contributed by atoms with van der Waals surface area (Å²) in [4.78, 5) is 21.4. The molecule has 0 amide bonds. The fourth-order valence-corrected chi connectivity index (χ4v) is 1.37. The highest BCUT2D eigenvalue weighted by Crippen LogP contribution is 2.33. The number of benzene rings is 1. The smallest absolute Gasteiger partial charge is 0.416 e. The largest absolute Gasteiger partial charge is 0.478 e. The fourth-order valence-electron chi connectivity index (χ4n) is 1.37. The molecule has 0 radical (unpaired) electrons. The lowest BCUT2D eigenvalue weighted by atomic mass is 9.99. The third-order valence-electron chi connectivity index (χ3n) is 2.13. The first-order valence-corrected chi connectivity index (χ1v) is 4.33. The number of rotatable bonds is 2. The summed E-state index contributed by atoms with van der Waals surface area (Å²) in [5.74, 6) is -3.30. The summed E-state index contributed by atoms with van der Waals surface area (Å²) in [5.41, 5.74) is -3.03. The van der Waals surface area contributed by atoms with Gasteiger partial charge in [-0.3, -0.25) is 0 Å². The van der Waals surface area contributed by atoms with Crippen LogP contribution in [0.3, 0.4) is 0 Å². The molecule has 0 saturated carbocycles. The standard InChI is InChI=1S/C10H7F3O4/c1-4-2-5(8(14)15)6(9(16)17)3-7(4)10(11,12)13/h2-3H,1H3,(H,14,15)(H,16,17). The van der Waals surface area contributed by atoms with Crippen LogP contribution in [0.15, 0.2) is 12.1 Å². The van der Waals surface area contributed by atoms with Crippen LogP contribution in [0.4, 0.5) is 13.2 Å². The summed E-state index contributed by atoms with van der Waals surface area (Å²) >= 11 is 0. The van der Waals surface area contributed by atoms with E-state index >= 15 is 0 Å². The highest BCUT2D eigenvalue weighted by atomic mass is 19.4. The van der Waals surface area contributed by atoms with Gasteiger partial charge in [-0.15, -0.1) is 0 Å². The zero-order valence-electron chi connectivity index (χ0n) is 8.50. The normalized spacial score (nSPS) is 11.3. The van der Waals surface area contributed by atoms with Gasteiger partial charge >= 0.3 is 18.1 Å². The molecule has 0 fully saturated rings. The second-order valence-corrected chi connectivity index (χ2v) is 3.32. The molecule has 0 aliphatic heterocycles. The molecule has 2 N–H and O–H groups in total. The Morgan fingerprint density at radius 3 is 1.82 bits per heavy atom. The minimum Gasteiger partial charge on any atom is -0.478 e. The van der Waals surface area contributed by atoms with Crippen molar-refractivity contribution in [2.75, 3.05) is 0 Å². The van der Waals surface area contributed by atoms with Crippen molar-refractivity contribution in [2.45, 2.75) is 13.1 Å². The molecule has 92 valence electrons. The maximum Gasteiger partial charge on any atom is 0.416 e. The van der Waals surface area contributed by atoms with Gasteiger partial charge in [-0.1, -0.05) is 0 Å². The summed E-state index contributed by atoms with van der Waals surface area (Å²) < 4.78 is 37.5. The average Bonchev–Trinajstić information content (AvgIpc) is 2.14. The molecule has 0 aromatic heterocycles. The summed E-state index contributed by atoms with van der Waals surface area (Å²) in [6.07, 6.45) is -4.72. The molecule has 0 heterocycles. The average molecular weight is 248 g/mol. The number of carboxylic acid groups (broad SMARTS) is 2. The number of aromatic carboxylic acids is 2. The first kappa shape index (κ1) is 13.0. The molecule has 1 rings (SSSR count). The monoisotopic (exact) mass is 248 g/mol. The number of alkyl halides is 3. The van der Waals surface area contributed by atoms with Gasteiger partial charge in [-0.25, -0.2) is 9.59 Å². The Balaban J connectivity index is 3.57. The molecule has 1 aromatic rings. The Kier molecular flexibility index (Phi) is 3.12. The minimum absolute atomic E-state index is 0.333. The van der Waals surface area contributed by atoms with Gasteiger partial charge in [0.15, 0.2) is 0 Å². The van der Waals surface area contributed by atoms with E-state index in [1.807, 2.05) is 0 Å². The third kappa shape index (κ3) is 2.55. The Morgan fingerprint density at radius 1 is 1.06 bits per heavy atom. The van der Waals surface area contributed by atoms with Gasteiger partial charge in [-0.2, -0.15) is 13.2 Å². The van der Waals surface area contributed by atoms with E-state index in [4.69, 9.17) is 10.2 Å². The van der Waals surface area contributed by atoms with Crippen LogP contribution in [0.2, 0.25) is 0 Å². The molecule has 7 heteroatoms. The van der Waals surface area contributed by atoms with Gasteiger partial charge < -0.3 is 10.2 Å². The molecule has 0 unspecified atom stereocenters. The molecule has 0 bridgehead atoms. The van der Waals surface area contributed by atoms with E-state index in [0.717, 1.165) is 6.92 Å². The highest BCUT2D eigenvalue weighted by Gasteiger charge is 2.34. The molecular formula is C10H7F3O4. The van der Waals surface area contributed by atoms with Gasteiger partial charge in [0, 0.05) is 0 Å². The summed E-state index contributed by atoms with van der Waals surface area (Å²) in [6.45, 7) is 1.07. The van der Waals surface area contributed by atoms with E-state index in [0.29, 0.717) is 12.1 Å². The van der Waals surface area contributed by atoms with Crippen molar-refractivity contribution in [3.8, 4) is 0 Å². The minimum atomic E-state index is -4.72. The van der Waals surface area contributed by atoms with E-state index < -0.39 is 34.8 Å². The van der Waals surface area contributed by atoms with E-state index in [1.54, 1.807) is 0 Å². The maximum atomic E-state index is 12.5. The van der Waals surface area contributed by atoms with Crippen molar-refractivity contribution < 1.29 is 33.0 Å². The van der Waals surface area contributed by atoms with Crippen molar-refractivity contribution in [1.29, 1.82) is 0 Å². The van der Waals surface area contributed by atoms with Crippen LogP contribution in [0.25, 0.3) is 0 Å². The second-order valence-electron chi connectivity index (χ2n) is 3.32. The summed E-state index contributed by atoms with van der Waals surface area (Å²) in [6, 6.07) is 1.04. The first-order chi connectivity index (χ1) is 7.64. The van der Waals surface area contributed by atoms with Crippen molar-refractivity contribution in [1.82, 2.24) is 0 Å². The van der Waals surface area contributed by atoms with Gasteiger partial charge in [0.05, 0.1) is 16.7 Å². The molecule has 17 heavy (non-hydrogen) atoms. The van der Waals surface area contributed by atoms with Crippen LogP contribution >= 0.6 is 0 Å². The number of halogens is 3. The van der Waals surface area contributed by atoms with E-state index in [1.165, 1.54) is 0 Å². The number of hydrogen-bond acceptors (Lipinski definition) is 2. The number of carboxylic acids is 2. The number of hydrogen-bond donors (Lipinski definition) is 2. The van der Waals surface area contributed by atoms with Gasteiger partial charge in [-0.05, 0) is 24.6 Å². The lowest BCUT2D eigenvalue weighted by Gasteiger charge is -2.12. The van der Waals surface area contributed by atoms with Crippen molar-refractivity contribution in [2.24, 2.45) is 0 Å². The molecule has 1 aromatic carbocycles. The molecule has 0 spiro atoms. The van der Waals surface area contributed by atoms with Gasteiger partial charge in [0.25, 0.3) is 0 Å². The predicted molar refractivity (Wildman–Crippen MR) is 50.1 cm³/mol. The summed E-state index contributed by atoms with van der Waals surface area (Å²) in [5, 5.41) is 17.4. The quantitative estimate of drug-likeness (QED) is 0.842. The van der Waals surface area contributed by atoms with E-state index in [2.05, 4.69) is 0 Å². The Hall–Kier alpha value is -2.05. The highest BCUT2D eigenvalue weighted by molar-refractivity contribution is 6.02. The number of aryl methyl sites for hydroxylation is 1. The molecular weight excluding hydrogens is 241 g/mol.